The molecule has 0 saturated carbocycles. The molecule has 0 amide bonds. The standard InChI is InChI=1S/C17H14ClNO3/c1-2-21-17(20)16-15-6-3-11(7-12(15)10-22-16)8-14-5-4-13(18)9-19-14/h3-7,9-10H,2,8H2,1H3. The van der Waals surface area contributed by atoms with Crippen molar-refractivity contribution in [3.05, 3.63) is 64.8 Å². The molecule has 0 aliphatic heterocycles. The molecular weight excluding hydrogens is 302 g/mol. The second-order valence-electron chi connectivity index (χ2n) is 4.85. The van der Waals surface area contributed by atoms with Gasteiger partial charge in [0.15, 0.2) is 0 Å². The third kappa shape index (κ3) is 2.97. The first-order valence-electron chi connectivity index (χ1n) is 6.95. The van der Waals surface area contributed by atoms with E-state index >= 15 is 0 Å². The Hall–Kier alpha value is -2.33. The van der Waals surface area contributed by atoms with Crippen LogP contribution in [0.1, 0.15) is 28.7 Å². The Balaban J connectivity index is 1.87. The molecule has 22 heavy (non-hydrogen) atoms. The maximum Gasteiger partial charge on any atom is 0.374 e. The lowest BCUT2D eigenvalue weighted by Crippen LogP contribution is -2.03. The number of furan rings is 1. The van der Waals surface area contributed by atoms with E-state index in [1.807, 2.05) is 30.3 Å². The summed E-state index contributed by atoms with van der Waals surface area (Å²) in [6.07, 6.45) is 3.89. The number of halogens is 1. The van der Waals surface area contributed by atoms with Crippen LogP contribution in [0.3, 0.4) is 0 Å². The predicted molar refractivity (Wildman–Crippen MR) is 84.2 cm³/mol. The van der Waals surface area contributed by atoms with Crippen LogP contribution in [0.2, 0.25) is 5.02 Å². The van der Waals surface area contributed by atoms with Crippen LogP contribution in [0.4, 0.5) is 0 Å². The van der Waals surface area contributed by atoms with Crippen LogP contribution in [0.15, 0.2) is 47.2 Å². The summed E-state index contributed by atoms with van der Waals surface area (Å²) in [6, 6.07) is 9.52. The first kappa shape index (κ1) is 14.6. The van der Waals surface area contributed by atoms with Gasteiger partial charge in [-0.3, -0.25) is 4.98 Å². The number of hydrogen-bond donors (Lipinski definition) is 0. The van der Waals surface area contributed by atoms with Gasteiger partial charge in [-0.1, -0.05) is 17.7 Å². The van der Waals surface area contributed by atoms with E-state index in [-0.39, 0.29) is 5.76 Å². The van der Waals surface area contributed by atoms with Gasteiger partial charge < -0.3 is 9.15 Å². The Morgan fingerprint density at radius 2 is 2.18 bits per heavy atom. The fraction of sp³-hybridized carbons (Fsp3) is 0.176. The average molecular weight is 316 g/mol. The second kappa shape index (κ2) is 6.20. The first-order chi connectivity index (χ1) is 10.7. The molecule has 112 valence electrons. The molecule has 0 radical (unpaired) electrons. The second-order valence-corrected chi connectivity index (χ2v) is 5.29. The molecule has 0 bridgehead atoms. The van der Waals surface area contributed by atoms with Crippen molar-refractivity contribution >= 4 is 28.3 Å². The van der Waals surface area contributed by atoms with Gasteiger partial charge in [0.1, 0.15) is 0 Å². The maximum atomic E-state index is 11.8. The summed E-state index contributed by atoms with van der Waals surface area (Å²) in [5.74, 6) is -0.197. The van der Waals surface area contributed by atoms with Crippen molar-refractivity contribution in [2.45, 2.75) is 13.3 Å². The van der Waals surface area contributed by atoms with Gasteiger partial charge in [-0.15, -0.1) is 0 Å². The number of hydrogen-bond acceptors (Lipinski definition) is 4. The van der Waals surface area contributed by atoms with Gasteiger partial charge in [-0.05, 0) is 36.8 Å². The van der Waals surface area contributed by atoms with Crippen molar-refractivity contribution in [2.24, 2.45) is 0 Å². The van der Waals surface area contributed by atoms with Crippen molar-refractivity contribution in [3.63, 3.8) is 0 Å². The number of carbonyl (C=O) groups is 1. The predicted octanol–water partition coefficient (Wildman–Crippen LogP) is 4.25. The number of pyridine rings is 1. The fourth-order valence-corrected chi connectivity index (χ4v) is 2.40. The molecule has 0 fully saturated rings. The van der Waals surface area contributed by atoms with Crippen molar-refractivity contribution < 1.29 is 13.9 Å². The zero-order valence-electron chi connectivity index (χ0n) is 12.0. The highest BCUT2D eigenvalue weighted by Crippen LogP contribution is 2.24. The lowest BCUT2D eigenvalue weighted by Gasteiger charge is -2.02. The smallest absolute Gasteiger partial charge is 0.374 e. The summed E-state index contributed by atoms with van der Waals surface area (Å²) in [4.78, 5) is 16.1. The lowest BCUT2D eigenvalue weighted by atomic mass is 10.1. The van der Waals surface area contributed by atoms with Crippen LogP contribution in [0.5, 0.6) is 0 Å². The molecule has 0 N–H and O–H groups in total. The van der Waals surface area contributed by atoms with Gasteiger partial charge in [-0.2, -0.15) is 0 Å². The highest BCUT2D eigenvalue weighted by atomic mass is 35.5. The Morgan fingerprint density at radius 3 is 2.91 bits per heavy atom. The summed E-state index contributed by atoms with van der Waals surface area (Å²) >= 11 is 5.83. The number of benzene rings is 1. The third-order valence-corrected chi connectivity index (χ3v) is 3.52. The van der Waals surface area contributed by atoms with E-state index in [1.165, 1.54) is 0 Å². The molecule has 0 aliphatic carbocycles. The van der Waals surface area contributed by atoms with Crippen molar-refractivity contribution in [1.82, 2.24) is 4.98 Å². The molecule has 0 atom stereocenters. The number of ether oxygens (including phenoxy) is 1. The molecule has 0 spiro atoms. The lowest BCUT2D eigenvalue weighted by molar-refractivity contribution is 0.0493. The highest BCUT2D eigenvalue weighted by Gasteiger charge is 2.16. The summed E-state index contributed by atoms with van der Waals surface area (Å²) in [5.41, 5.74) is 2.01. The van der Waals surface area contributed by atoms with Crippen LogP contribution in [0.25, 0.3) is 10.8 Å². The molecule has 4 nitrogen and oxygen atoms in total. The Kier molecular flexibility index (Phi) is 4.11. The highest BCUT2D eigenvalue weighted by molar-refractivity contribution is 6.30. The Labute approximate surface area is 132 Å². The Morgan fingerprint density at radius 1 is 1.32 bits per heavy atom. The number of nitrogens with zero attached hydrogens (tertiary/aromatic N) is 1. The van der Waals surface area contributed by atoms with E-state index in [9.17, 15) is 4.79 Å². The molecule has 2 heterocycles. The zero-order chi connectivity index (χ0) is 15.5. The van der Waals surface area contributed by atoms with Crippen molar-refractivity contribution in [2.75, 3.05) is 6.61 Å². The molecule has 3 aromatic rings. The van der Waals surface area contributed by atoms with Gasteiger partial charge in [0.05, 0.1) is 17.9 Å². The topological polar surface area (TPSA) is 52.3 Å². The van der Waals surface area contributed by atoms with Crippen LogP contribution in [-0.2, 0) is 11.2 Å². The minimum Gasteiger partial charge on any atom is -0.460 e. The van der Waals surface area contributed by atoms with E-state index in [1.54, 1.807) is 19.4 Å². The van der Waals surface area contributed by atoms with Gasteiger partial charge in [0.2, 0.25) is 5.76 Å². The fourth-order valence-electron chi connectivity index (χ4n) is 2.29. The normalized spacial score (nSPS) is 10.8. The number of esters is 1. The molecular formula is C17H14ClNO3. The van der Waals surface area contributed by atoms with E-state index in [0.29, 0.717) is 18.1 Å². The number of fused-ring (bicyclic) bond motifs is 1. The number of aromatic nitrogens is 1. The molecule has 1 aromatic carbocycles. The molecule has 0 aliphatic rings. The molecule has 0 unspecified atom stereocenters. The first-order valence-corrected chi connectivity index (χ1v) is 7.33. The quantitative estimate of drug-likeness (QED) is 0.675. The summed E-state index contributed by atoms with van der Waals surface area (Å²) < 4.78 is 10.3. The molecule has 3 rings (SSSR count). The largest absolute Gasteiger partial charge is 0.460 e. The van der Waals surface area contributed by atoms with Gasteiger partial charge in [0, 0.05) is 29.1 Å². The van der Waals surface area contributed by atoms with Gasteiger partial charge in [-0.25, -0.2) is 4.79 Å². The van der Waals surface area contributed by atoms with Crippen LogP contribution in [-0.4, -0.2) is 17.6 Å². The van der Waals surface area contributed by atoms with Crippen LogP contribution >= 0.6 is 11.6 Å². The minimum absolute atomic E-state index is 0.244. The summed E-state index contributed by atoms with van der Waals surface area (Å²) in [6.45, 7) is 2.08. The zero-order valence-corrected chi connectivity index (χ0v) is 12.8. The molecule has 2 aromatic heterocycles. The SMILES string of the molecule is CCOC(=O)c1occ2cc(Cc3ccc(Cl)cn3)ccc12. The maximum absolute atomic E-state index is 11.8. The van der Waals surface area contributed by atoms with E-state index in [2.05, 4.69) is 4.98 Å². The Bertz CT molecular complexity index is 808. The van der Waals surface area contributed by atoms with Gasteiger partial charge in [0.25, 0.3) is 0 Å². The monoisotopic (exact) mass is 315 g/mol. The third-order valence-electron chi connectivity index (χ3n) is 3.30. The van der Waals surface area contributed by atoms with Crippen LogP contribution < -0.4 is 0 Å². The minimum atomic E-state index is -0.440. The number of rotatable bonds is 4. The average Bonchev–Trinajstić information content (AvgIpc) is 2.93. The van der Waals surface area contributed by atoms with Crippen molar-refractivity contribution in [3.8, 4) is 0 Å². The van der Waals surface area contributed by atoms with E-state index in [0.717, 1.165) is 22.0 Å². The summed E-state index contributed by atoms with van der Waals surface area (Å²) in [5, 5.41) is 2.24. The molecule has 0 saturated heterocycles. The van der Waals surface area contributed by atoms with E-state index in [4.69, 9.17) is 20.8 Å². The van der Waals surface area contributed by atoms with Crippen molar-refractivity contribution in [1.29, 1.82) is 0 Å². The van der Waals surface area contributed by atoms with E-state index < -0.39 is 5.97 Å². The van der Waals surface area contributed by atoms with Crippen LogP contribution in [0, 0.1) is 0 Å². The van der Waals surface area contributed by atoms with Gasteiger partial charge >= 0.3 is 5.97 Å². The molecule has 5 heteroatoms. The summed E-state index contributed by atoms with van der Waals surface area (Å²) in [7, 11) is 0. The number of carbonyl (C=O) groups excluding carboxylic acids is 1.